The third-order valence-corrected chi connectivity index (χ3v) is 3.38. The highest BCUT2D eigenvalue weighted by Crippen LogP contribution is 2.22. The second kappa shape index (κ2) is 6.99. The van der Waals surface area contributed by atoms with E-state index in [1.165, 1.54) is 36.4 Å². The van der Waals surface area contributed by atoms with E-state index in [2.05, 4.69) is 26.0 Å². The van der Waals surface area contributed by atoms with Gasteiger partial charge in [0, 0.05) is 10.2 Å². The topological polar surface area (TPSA) is 38.3 Å². The fraction of sp³-hybridized carbons (Fsp3) is 0.133. The van der Waals surface area contributed by atoms with Crippen molar-refractivity contribution < 1.29 is 27.1 Å². The summed E-state index contributed by atoms with van der Waals surface area (Å²) < 4.78 is 54.2. The van der Waals surface area contributed by atoms with E-state index < -0.39 is 24.5 Å². The summed E-state index contributed by atoms with van der Waals surface area (Å²) in [6.45, 7) is -1.39. The van der Waals surface area contributed by atoms with E-state index in [9.17, 15) is 22.4 Å². The summed E-state index contributed by atoms with van der Waals surface area (Å²) in [6, 6.07) is 9.03. The highest BCUT2D eigenvalue weighted by Gasteiger charge is 2.28. The van der Waals surface area contributed by atoms with Gasteiger partial charge >= 0.3 is 6.18 Å². The summed E-state index contributed by atoms with van der Waals surface area (Å²) in [6.07, 6.45) is -4.42. The Bertz CT molecular complexity index is 702. The Balaban J connectivity index is 2.03. The number of halogens is 5. The average Bonchev–Trinajstić information content (AvgIpc) is 2.48. The lowest BCUT2D eigenvalue weighted by atomic mass is 10.2. The van der Waals surface area contributed by atoms with Gasteiger partial charge in [-0.1, -0.05) is 0 Å². The molecule has 0 aliphatic rings. The number of nitrogens with one attached hydrogen (secondary N) is 1. The molecule has 0 aliphatic carbocycles. The fourth-order valence-corrected chi connectivity index (χ4v) is 2.10. The first-order chi connectivity index (χ1) is 10.7. The molecular weight excluding hydrogens is 382 g/mol. The van der Waals surface area contributed by atoms with E-state index in [1.54, 1.807) is 0 Å². The zero-order valence-electron chi connectivity index (χ0n) is 11.5. The molecule has 0 saturated carbocycles. The first-order valence-electron chi connectivity index (χ1n) is 6.30. The van der Waals surface area contributed by atoms with Gasteiger partial charge in [-0.3, -0.25) is 4.79 Å². The standard InChI is InChI=1S/C15H10BrF4NO2/c16-13-6-1-9(17)7-12(13)14(22)21-10-2-4-11(5-3-10)23-8-15(18,19)20/h1-7H,8H2,(H,21,22). The Labute approximate surface area is 137 Å². The van der Waals surface area contributed by atoms with Crippen molar-refractivity contribution in [1.82, 2.24) is 0 Å². The molecule has 0 heterocycles. The smallest absolute Gasteiger partial charge is 0.422 e. The lowest BCUT2D eigenvalue weighted by Crippen LogP contribution is -2.19. The molecule has 3 nitrogen and oxygen atoms in total. The van der Waals surface area contributed by atoms with Crippen molar-refractivity contribution in [3.05, 3.63) is 58.3 Å². The number of ether oxygens (including phenoxy) is 1. The molecule has 1 N–H and O–H groups in total. The summed E-state index contributed by atoms with van der Waals surface area (Å²) in [5, 5.41) is 2.51. The predicted octanol–water partition coefficient (Wildman–Crippen LogP) is 4.78. The molecule has 0 unspecified atom stereocenters. The van der Waals surface area contributed by atoms with Gasteiger partial charge in [-0.25, -0.2) is 4.39 Å². The van der Waals surface area contributed by atoms with E-state index >= 15 is 0 Å². The summed E-state index contributed by atoms with van der Waals surface area (Å²) in [5.74, 6) is -1.10. The first-order valence-corrected chi connectivity index (χ1v) is 7.10. The Hall–Kier alpha value is -2.09. The predicted molar refractivity (Wildman–Crippen MR) is 80.0 cm³/mol. The number of anilines is 1. The van der Waals surface area contributed by atoms with Crippen LogP contribution >= 0.6 is 15.9 Å². The highest BCUT2D eigenvalue weighted by molar-refractivity contribution is 9.10. The van der Waals surface area contributed by atoms with Crippen LogP contribution in [0.4, 0.5) is 23.2 Å². The molecule has 2 rings (SSSR count). The molecule has 0 spiro atoms. The lowest BCUT2D eigenvalue weighted by Gasteiger charge is -2.10. The molecule has 0 saturated heterocycles. The number of amides is 1. The van der Waals surface area contributed by atoms with Crippen molar-refractivity contribution in [2.45, 2.75) is 6.18 Å². The van der Waals surface area contributed by atoms with Gasteiger partial charge in [0.15, 0.2) is 6.61 Å². The van der Waals surface area contributed by atoms with Gasteiger partial charge in [-0.15, -0.1) is 0 Å². The lowest BCUT2D eigenvalue weighted by molar-refractivity contribution is -0.153. The second-order valence-corrected chi connectivity index (χ2v) is 5.36. The molecule has 0 bridgehead atoms. The van der Waals surface area contributed by atoms with Gasteiger partial charge in [0.05, 0.1) is 5.56 Å². The van der Waals surface area contributed by atoms with Crippen molar-refractivity contribution >= 4 is 27.5 Å². The van der Waals surface area contributed by atoms with Crippen LogP contribution in [0.5, 0.6) is 5.75 Å². The van der Waals surface area contributed by atoms with Crippen molar-refractivity contribution in [1.29, 1.82) is 0 Å². The summed E-state index contributed by atoms with van der Waals surface area (Å²) in [7, 11) is 0. The summed E-state index contributed by atoms with van der Waals surface area (Å²) in [5.41, 5.74) is 0.438. The fourth-order valence-electron chi connectivity index (χ4n) is 1.67. The minimum Gasteiger partial charge on any atom is -0.484 e. The largest absolute Gasteiger partial charge is 0.484 e. The molecule has 122 valence electrons. The quantitative estimate of drug-likeness (QED) is 0.761. The van der Waals surface area contributed by atoms with Gasteiger partial charge in [0.25, 0.3) is 5.91 Å². The maximum Gasteiger partial charge on any atom is 0.422 e. The zero-order chi connectivity index (χ0) is 17.0. The van der Waals surface area contributed by atoms with Crippen LogP contribution in [-0.2, 0) is 0 Å². The van der Waals surface area contributed by atoms with Gasteiger partial charge < -0.3 is 10.1 Å². The zero-order valence-corrected chi connectivity index (χ0v) is 13.0. The van der Waals surface area contributed by atoms with Crippen LogP contribution in [0.2, 0.25) is 0 Å². The van der Waals surface area contributed by atoms with Crippen molar-refractivity contribution in [3.63, 3.8) is 0 Å². The molecule has 8 heteroatoms. The molecule has 23 heavy (non-hydrogen) atoms. The number of carbonyl (C=O) groups excluding carboxylic acids is 1. The molecule has 0 aliphatic heterocycles. The van der Waals surface area contributed by atoms with Crippen LogP contribution in [-0.4, -0.2) is 18.7 Å². The van der Waals surface area contributed by atoms with Gasteiger partial charge in [-0.05, 0) is 58.4 Å². The van der Waals surface area contributed by atoms with Crippen molar-refractivity contribution in [2.24, 2.45) is 0 Å². The molecule has 2 aromatic rings. The maximum absolute atomic E-state index is 13.2. The molecule has 0 aromatic heterocycles. The van der Waals surface area contributed by atoms with E-state index in [-0.39, 0.29) is 11.3 Å². The molecular formula is C15H10BrF4NO2. The monoisotopic (exact) mass is 391 g/mol. The second-order valence-electron chi connectivity index (χ2n) is 4.51. The van der Waals surface area contributed by atoms with Crippen LogP contribution < -0.4 is 10.1 Å². The Morgan fingerprint density at radius 3 is 2.39 bits per heavy atom. The molecule has 1 amide bonds. The Morgan fingerprint density at radius 1 is 1.13 bits per heavy atom. The van der Waals surface area contributed by atoms with E-state index in [0.29, 0.717) is 10.2 Å². The minimum atomic E-state index is -4.42. The maximum atomic E-state index is 13.2. The van der Waals surface area contributed by atoms with E-state index in [4.69, 9.17) is 0 Å². The van der Waals surface area contributed by atoms with Crippen LogP contribution in [0.25, 0.3) is 0 Å². The van der Waals surface area contributed by atoms with Crippen LogP contribution in [0.15, 0.2) is 46.9 Å². The summed E-state index contributed by atoms with van der Waals surface area (Å²) in [4.78, 5) is 12.0. The number of alkyl halides is 3. The first kappa shape index (κ1) is 17.3. The molecule has 0 fully saturated rings. The number of benzene rings is 2. The van der Waals surface area contributed by atoms with Crippen LogP contribution in [0, 0.1) is 5.82 Å². The SMILES string of the molecule is O=C(Nc1ccc(OCC(F)(F)F)cc1)c1cc(F)ccc1Br. The number of carbonyl (C=O) groups is 1. The molecule has 2 aromatic carbocycles. The minimum absolute atomic E-state index is 0.0206. The van der Waals surface area contributed by atoms with Crippen LogP contribution in [0.3, 0.4) is 0 Å². The van der Waals surface area contributed by atoms with Gasteiger partial charge in [-0.2, -0.15) is 13.2 Å². The Kier molecular flexibility index (Phi) is 5.25. The normalized spacial score (nSPS) is 11.2. The molecule has 0 atom stereocenters. The number of hydrogen-bond donors (Lipinski definition) is 1. The number of hydrogen-bond acceptors (Lipinski definition) is 2. The molecule has 0 radical (unpaired) electrons. The highest BCUT2D eigenvalue weighted by atomic mass is 79.9. The van der Waals surface area contributed by atoms with Crippen LogP contribution in [0.1, 0.15) is 10.4 Å². The third kappa shape index (κ3) is 5.24. The summed E-state index contributed by atoms with van der Waals surface area (Å²) >= 11 is 3.14. The number of rotatable bonds is 4. The van der Waals surface area contributed by atoms with E-state index in [1.807, 2.05) is 0 Å². The Morgan fingerprint density at radius 2 is 1.78 bits per heavy atom. The van der Waals surface area contributed by atoms with Gasteiger partial charge in [0.1, 0.15) is 11.6 Å². The third-order valence-electron chi connectivity index (χ3n) is 2.69. The average molecular weight is 392 g/mol. The van der Waals surface area contributed by atoms with Crippen molar-refractivity contribution in [3.8, 4) is 5.75 Å². The van der Waals surface area contributed by atoms with E-state index in [0.717, 1.165) is 6.07 Å². The van der Waals surface area contributed by atoms with Crippen molar-refractivity contribution in [2.75, 3.05) is 11.9 Å². The van der Waals surface area contributed by atoms with Gasteiger partial charge in [0.2, 0.25) is 0 Å².